The molecular formula is C14H20F3N. The SMILES string of the molecule is CCNC(Cc1cc(C)ccc1C)CC(F)(F)F. The Bertz CT molecular complexity index is 385. The molecule has 0 bridgehead atoms. The number of halogens is 3. The number of nitrogens with one attached hydrogen (secondary N) is 1. The Labute approximate surface area is 106 Å². The summed E-state index contributed by atoms with van der Waals surface area (Å²) in [5.41, 5.74) is 3.12. The maximum Gasteiger partial charge on any atom is 0.390 e. The highest BCUT2D eigenvalue weighted by Crippen LogP contribution is 2.24. The van der Waals surface area contributed by atoms with Crippen molar-refractivity contribution in [1.29, 1.82) is 0 Å². The molecule has 0 amide bonds. The van der Waals surface area contributed by atoms with Gasteiger partial charge in [-0.25, -0.2) is 0 Å². The lowest BCUT2D eigenvalue weighted by Gasteiger charge is -2.20. The van der Waals surface area contributed by atoms with Gasteiger partial charge in [0.1, 0.15) is 0 Å². The fraction of sp³-hybridized carbons (Fsp3) is 0.571. The molecule has 0 saturated heterocycles. The summed E-state index contributed by atoms with van der Waals surface area (Å²) in [6.07, 6.45) is -4.49. The van der Waals surface area contributed by atoms with E-state index in [-0.39, 0.29) is 0 Å². The molecule has 1 nitrogen and oxygen atoms in total. The minimum atomic E-state index is -4.12. The normalized spacial score (nSPS) is 13.7. The van der Waals surface area contributed by atoms with Crippen LogP contribution in [-0.2, 0) is 6.42 Å². The van der Waals surface area contributed by atoms with E-state index in [9.17, 15) is 13.2 Å². The first-order valence-corrected chi connectivity index (χ1v) is 6.18. The van der Waals surface area contributed by atoms with Gasteiger partial charge in [-0.05, 0) is 37.9 Å². The van der Waals surface area contributed by atoms with E-state index in [1.807, 2.05) is 39.0 Å². The summed E-state index contributed by atoms with van der Waals surface area (Å²) in [6.45, 7) is 6.26. The van der Waals surface area contributed by atoms with Crippen molar-refractivity contribution in [2.75, 3.05) is 6.54 Å². The standard InChI is InChI=1S/C14H20F3N/c1-4-18-13(9-14(15,16)17)8-12-7-10(2)5-6-11(12)3/h5-7,13,18H,4,8-9H2,1-3H3. The van der Waals surface area contributed by atoms with E-state index in [1.54, 1.807) is 0 Å². The van der Waals surface area contributed by atoms with Crippen LogP contribution in [0, 0.1) is 13.8 Å². The molecule has 18 heavy (non-hydrogen) atoms. The zero-order valence-corrected chi connectivity index (χ0v) is 11.1. The van der Waals surface area contributed by atoms with E-state index in [1.165, 1.54) is 0 Å². The van der Waals surface area contributed by atoms with Crippen molar-refractivity contribution in [2.24, 2.45) is 0 Å². The van der Waals surface area contributed by atoms with E-state index in [0.29, 0.717) is 13.0 Å². The van der Waals surface area contributed by atoms with Crippen LogP contribution >= 0.6 is 0 Å². The molecule has 4 heteroatoms. The lowest BCUT2D eigenvalue weighted by atomic mass is 9.97. The minimum absolute atomic E-state index is 0.418. The lowest BCUT2D eigenvalue weighted by Crippen LogP contribution is -2.35. The van der Waals surface area contributed by atoms with Gasteiger partial charge in [0.25, 0.3) is 0 Å². The highest BCUT2D eigenvalue weighted by molar-refractivity contribution is 5.31. The molecule has 0 saturated carbocycles. The second-order valence-corrected chi connectivity index (χ2v) is 4.71. The quantitative estimate of drug-likeness (QED) is 0.848. The van der Waals surface area contributed by atoms with Crippen LogP contribution in [0.25, 0.3) is 0 Å². The molecule has 0 spiro atoms. The zero-order valence-electron chi connectivity index (χ0n) is 11.1. The van der Waals surface area contributed by atoms with Crippen molar-refractivity contribution in [3.8, 4) is 0 Å². The van der Waals surface area contributed by atoms with Gasteiger partial charge in [-0.15, -0.1) is 0 Å². The summed E-state index contributed by atoms with van der Waals surface area (Å²) in [6, 6.07) is 5.36. The Morgan fingerprint density at radius 2 is 1.89 bits per heavy atom. The van der Waals surface area contributed by atoms with E-state index >= 15 is 0 Å². The van der Waals surface area contributed by atoms with E-state index in [2.05, 4.69) is 5.32 Å². The van der Waals surface area contributed by atoms with E-state index < -0.39 is 18.6 Å². The smallest absolute Gasteiger partial charge is 0.314 e. The molecule has 1 aromatic carbocycles. The molecule has 1 N–H and O–H groups in total. The number of rotatable bonds is 5. The molecule has 1 atom stereocenters. The first-order valence-electron chi connectivity index (χ1n) is 6.18. The Morgan fingerprint density at radius 3 is 2.44 bits per heavy atom. The third-order valence-corrected chi connectivity index (χ3v) is 2.94. The van der Waals surface area contributed by atoms with E-state index in [4.69, 9.17) is 0 Å². The Morgan fingerprint density at radius 1 is 1.22 bits per heavy atom. The van der Waals surface area contributed by atoms with Crippen molar-refractivity contribution < 1.29 is 13.2 Å². The van der Waals surface area contributed by atoms with Crippen LogP contribution in [0.4, 0.5) is 13.2 Å². The Kier molecular flexibility index (Phi) is 5.20. The van der Waals surface area contributed by atoms with Gasteiger partial charge in [-0.2, -0.15) is 13.2 Å². The average molecular weight is 259 g/mol. The summed E-state index contributed by atoms with van der Waals surface area (Å²) in [4.78, 5) is 0. The molecule has 0 fully saturated rings. The molecule has 1 rings (SSSR count). The van der Waals surface area contributed by atoms with Crippen LogP contribution in [0.2, 0.25) is 0 Å². The Balaban J connectivity index is 2.79. The molecule has 0 aliphatic carbocycles. The number of benzene rings is 1. The first-order chi connectivity index (χ1) is 8.31. The second-order valence-electron chi connectivity index (χ2n) is 4.71. The van der Waals surface area contributed by atoms with Gasteiger partial charge < -0.3 is 5.32 Å². The van der Waals surface area contributed by atoms with Crippen LogP contribution < -0.4 is 5.32 Å². The summed E-state index contributed by atoms with van der Waals surface area (Å²) in [7, 11) is 0. The summed E-state index contributed by atoms with van der Waals surface area (Å²) in [5, 5.41) is 2.91. The van der Waals surface area contributed by atoms with Gasteiger partial charge >= 0.3 is 6.18 Å². The zero-order chi connectivity index (χ0) is 13.8. The maximum atomic E-state index is 12.5. The number of aryl methyl sites for hydroxylation is 2. The molecule has 102 valence electrons. The van der Waals surface area contributed by atoms with Gasteiger partial charge in [0.05, 0.1) is 6.42 Å². The van der Waals surface area contributed by atoms with Crippen molar-refractivity contribution in [2.45, 2.75) is 45.8 Å². The molecule has 0 aromatic heterocycles. The molecule has 0 radical (unpaired) electrons. The number of likely N-dealkylation sites (N-methyl/N-ethyl adjacent to an activating group) is 1. The number of alkyl halides is 3. The average Bonchev–Trinajstić information content (AvgIpc) is 2.21. The Hall–Kier alpha value is -1.03. The summed E-state index contributed by atoms with van der Waals surface area (Å²) in [5.74, 6) is 0. The van der Waals surface area contributed by atoms with Gasteiger partial charge in [0.15, 0.2) is 0 Å². The van der Waals surface area contributed by atoms with Gasteiger partial charge in [-0.1, -0.05) is 30.7 Å². The predicted octanol–water partition coefficient (Wildman–Crippen LogP) is 3.78. The third-order valence-electron chi connectivity index (χ3n) is 2.94. The van der Waals surface area contributed by atoms with Crippen molar-refractivity contribution in [1.82, 2.24) is 5.32 Å². The van der Waals surface area contributed by atoms with Crippen molar-refractivity contribution >= 4 is 0 Å². The van der Waals surface area contributed by atoms with Crippen LogP contribution in [0.1, 0.15) is 30.0 Å². The summed E-state index contributed by atoms with van der Waals surface area (Å²) >= 11 is 0. The summed E-state index contributed by atoms with van der Waals surface area (Å²) < 4.78 is 37.4. The van der Waals surface area contributed by atoms with Crippen LogP contribution in [-0.4, -0.2) is 18.8 Å². The van der Waals surface area contributed by atoms with Crippen LogP contribution in [0.3, 0.4) is 0 Å². The fourth-order valence-electron chi connectivity index (χ4n) is 2.07. The lowest BCUT2D eigenvalue weighted by molar-refractivity contribution is -0.139. The van der Waals surface area contributed by atoms with Crippen LogP contribution in [0.15, 0.2) is 18.2 Å². The topological polar surface area (TPSA) is 12.0 Å². The van der Waals surface area contributed by atoms with Crippen LogP contribution in [0.5, 0.6) is 0 Å². The predicted molar refractivity (Wildman–Crippen MR) is 67.8 cm³/mol. The monoisotopic (exact) mass is 259 g/mol. The van der Waals surface area contributed by atoms with Crippen molar-refractivity contribution in [3.63, 3.8) is 0 Å². The first kappa shape index (κ1) is 15.0. The third kappa shape index (κ3) is 5.08. The van der Waals surface area contributed by atoms with Gasteiger partial charge in [-0.3, -0.25) is 0 Å². The molecule has 1 aromatic rings. The fourth-order valence-corrected chi connectivity index (χ4v) is 2.07. The highest BCUT2D eigenvalue weighted by Gasteiger charge is 2.31. The van der Waals surface area contributed by atoms with Crippen molar-refractivity contribution in [3.05, 3.63) is 34.9 Å². The largest absolute Gasteiger partial charge is 0.390 e. The highest BCUT2D eigenvalue weighted by atomic mass is 19.4. The van der Waals surface area contributed by atoms with E-state index in [0.717, 1.165) is 16.7 Å². The molecule has 0 heterocycles. The van der Waals surface area contributed by atoms with Gasteiger partial charge in [0, 0.05) is 6.04 Å². The second kappa shape index (κ2) is 6.23. The molecule has 1 unspecified atom stereocenters. The van der Waals surface area contributed by atoms with Gasteiger partial charge in [0.2, 0.25) is 0 Å². The maximum absolute atomic E-state index is 12.5. The molecule has 0 aliphatic heterocycles. The molecular weight excluding hydrogens is 239 g/mol. The molecule has 0 aliphatic rings. The number of hydrogen-bond donors (Lipinski definition) is 1. The minimum Gasteiger partial charge on any atom is -0.314 e. The number of hydrogen-bond acceptors (Lipinski definition) is 1.